The van der Waals surface area contributed by atoms with E-state index in [1.807, 2.05) is 28.8 Å². The summed E-state index contributed by atoms with van der Waals surface area (Å²) in [5.74, 6) is 1.63. The molecular formula is C22H29N7. The third kappa shape index (κ3) is 4.56. The van der Waals surface area contributed by atoms with Crippen LogP contribution in [0.15, 0.2) is 53.7 Å². The van der Waals surface area contributed by atoms with Gasteiger partial charge in [0.05, 0.1) is 12.6 Å². The summed E-state index contributed by atoms with van der Waals surface area (Å²) in [6, 6.07) is 15.1. The molecule has 0 radical (unpaired) electrons. The zero-order chi connectivity index (χ0) is 20.1. The molecule has 1 fully saturated rings. The van der Waals surface area contributed by atoms with Gasteiger partial charge >= 0.3 is 0 Å². The molecule has 7 heteroatoms. The average molecular weight is 392 g/mol. The van der Waals surface area contributed by atoms with Crippen LogP contribution in [0, 0.1) is 6.92 Å². The second-order valence-electron chi connectivity index (χ2n) is 7.52. The molecule has 4 rings (SSSR count). The Hall–Kier alpha value is -2.93. The molecule has 0 bridgehead atoms. The minimum absolute atomic E-state index is 0.338. The topological polar surface area (TPSA) is 69.8 Å². The highest BCUT2D eigenvalue weighted by atomic mass is 15.3. The fraction of sp³-hybridized carbons (Fsp3) is 0.409. The van der Waals surface area contributed by atoms with Crippen molar-refractivity contribution < 1.29 is 0 Å². The molecule has 0 spiro atoms. The van der Waals surface area contributed by atoms with E-state index in [1.165, 1.54) is 24.0 Å². The number of nitrogens with one attached hydrogen (secondary N) is 2. The Bertz CT molecular complexity index is 955. The van der Waals surface area contributed by atoms with Gasteiger partial charge in [0.2, 0.25) is 0 Å². The highest BCUT2D eigenvalue weighted by molar-refractivity contribution is 5.79. The number of fused-ring (bicyclic) bond motifs is 1. The van der Waals surface area contributed by atoms with Crippen LogP contribution in [0.2, 0.25) is 0 Å². The molecule has 2 aromatic heterocycles. The second kappa shape index (κ2) is 9.05. The molecule has 1 atom stereocenters. The summed E-state index contributed by atoms with van der Waals surface area (Å²) in [5.41, 5.74) is 3.49. The first-order chi connectivity index (χ1) is 14.2. The quantitative estimate of drug-likeness (QED) is 0.499. The van der Waals surface area contributed by atoms with Crippen LogP contribution in [-0.4, -0.2) is 52.1 Å². The Morgan fingerprint density at radius 3 is 2.62 bits per heavy atom. The summed E-state index contributed by atoms with van der Waals surface area (Å²) in [5, 5.41) is 15.4. The van der Waals surface area contributed by atoms with Crippen LogP contribution in [0.5, 0.6) is 0 Å². The van der Waals surface area contributed by atoms with Crippen molar-refractivity contribution in [2.45, 2.75) is 32.4 Å². The number of benzene rings is 1. The lowest BCUT2D eigenvalue weighted by Gasteiger charge is -2.29. The molecule has 0 saturated carbocycles. The summed E-state index contributed by atoms with van der Waals surface area (Å²) < 4.78 is 1.99. The van der Waals surface area contributed by atoms with Crippen LogP contribution < -0.4 is 10.6 Å². The van der Waals surface area contributed by atoms with Crippen LogP contribution in [0.25, 0.3) is 5.65 Å². The number of hydrogen-bond acceptors (Lipinski definition) is 4. The first-order valence-corrected chi connectivity index (χ1v) is 10.3. The van der Waals surface area contributed by atoms with Crippen LogP contribution in [0.4, 0.5) is 0 Å². The van der Waals surface area contributed by atoms with Gasteiger partial charge in [-0.3, -0.25) is 14.3 Å². The Kier molecular flexibility index (Phi) is 6.05. The lowest BCUT2D eigenvalue weighted by molar-refractivity contribution is 0.245. The van der Waals surface area contributed by atoms with Gasteiger partial charge in [0, 0.05) is 19.8 Å². The van der Waals surface area contributed by atoms with Crippen LogP contribution >= 0.6 is 0 Å². The molecule has 152 valence electrons. The van der Waals surface area contributed by atoms with E-state index in [2.05, 4.69) is 61.9 Å². The summed E-state index contributed by atoms with van der Waals surface area (Å²) in [6.45, 7) is 5.80. The number of aryl methyl sites for hydroxylation is 1. The predicted octanol–water partition coefficient (Wildman–Crippen LogP) is 2.54. The first-order valence-electron chi connectivity index (χ1n) is 10.3. The molecule has 3 aromatic rings. The van der Waals surface area contributed by atoms with Crippen molar-refractivity contribution >= 4 is 11.6 Å². The molecule has 3 heterocycles. The summed E-state index contributed by atoms with van der Waals surface area (Å²) >= 11 is 0. The standard InChI is InChI=1S/C22H29N7/c1-17-8-10-18(11-9-17)19(28-12-5-6-13-28)15-24-22(23-2)25-16-21-27-26-20-7-3-4-14-29(20)21/h3-4,7-11,14,19H,5-6,12-13,15-16H2,1-2H3,(H2,23,24,25). The van der Waals surface area contributed by atoms with Gasteiger partial charge in [-0.1, -0.05) is 35.9 Å². The Morgan fingerprint density at radius 1 is 1.07 bits per heavy atom. The maximum Gasteiger partial charge on any atom is 0.191 e. The maximum atomic E-state index is 4.39. The van der Waals surface area contributed by atoms with E-state index < -0.39 is 0 Å². The first kappa shape index (κ1) is 19.4. The van der Waals surface area contributed by atoms with Gasteiger partial charge in [-0.25, -0.2) is 0 Å². The maximum absolute atomic E-state index is 4.39. The van der Waals surface area contributed by atoms with Gasteiger partial charge in [-0.05, 0) is 50.6 Å². The SMILES string of the molecule is CN=C(NCc1nnc2ccccn12)NCC(c1ccc(C)cc1)N1CCCC1. The zero-order valence-electron chi connectivity index (χ0n) is 17.2. The molecule has 2 N–H and O–H groups in total. The van der Waals surface area contributed by atoms with Crippen molar-refractivity contribution in [1.29, 1.82) is 0 Å². The van der Waals surface area contributed by atoms with Crippen LogP contribution in [0.3, 0.4) is 0 Å². The Labute approximate surface area is 171 Å². The van der Waals surface area contributed by atoms with E-state index in [0.717, 1.165) is 37.1 Å². The molecule has 1 aliphatic heterocycles. The number of hydrogen-bond donors (Lipinski definition) is 2. The number of aliphatic imine (C=N–C) groups is 1. The van der Waals surface area contributed by atoms with Crippen molar-refractivity contribution in [2.24, 2.45) is 4.99 Å². The van der Waals surface area contributed by atoms with E-state index in [4.69, 9.17) is 0 Å². The number of aromatic nitrogens is 3. The second-order valence-corrected chi connectivity index (χ2v) is 7.52. The molecule has 0 amide bonds. The fourth-order valence-electron chi connectivity index (χ4n) is 3.89. The van der Waals surface area contributed by atoms with E-state index in [-0.39, 0.29) is 0 Å². The summed E-state index contributed by atoms with van der Waals surface area (Å²) in [4.78, 5) is 6.96. The molecule has 1 aliphatic rings. The minimum Gasteiger partial charge on any atom is -0.354 e. The molecule has 1 saturated heterocycles. The van der Waals surface area contributed by atoms with E-state index in [9.17, 15) is 0 Å². The third-order valence-electron chi connectivity index (χ3n) is 5.53. The number of pyridine rings is 1. The van der Waals surface area contributed by atoms with Crippen LogP contribution in [-0.2, 0) is 6.54 Å². The van der Waals surface area contributed by atoms with Crippen molar-refractivity contribution in [3.05, 3.63) is 65.6 Å². The summed E-state index contributed by atoms with van der Waals surface area (Å²) in [6.07, 6.45) is 4.52. The van der Waals surface area contributed by atoms with E-state index in [0.29, 0.717) is 12.6 Å². The van der Waals surface area contributed by atoms with Gasteiger partial charge in [0.25, 0.3) is 0 Å². The predicted molar refractivity (Wildman–Crippen MR) is 116 cm³/mol. The Balaban J connectivity index is 1.40. The van der Waals surface area contributed by atoms with Gasteiger partial charge in [0.1, 0.15) is 0 Å². The minimum atomic E-state index is 0.338. The van der Waals surface area contributed by atoms with E-state index in [1.54, 1.807) is 7.05 Å². The van der Waals surface area contributed by atoms with Gasteiger partial charge in [-0.15, -0.1) is 10.2 Å². The molecule has 29 heavy (non-hydrogen) atoms. The number of nitrogens with zero attached hydrogens (tertiary/aromatic N) is 5. The number of likely N-dealkylation sites (tertiary alicyclic amines) is 1. The molecule has 1 aromatic carbocycles. The fourth-order valence-corrected chi connectivity index (χ4v) is 3.89. The van der Waals surface area contributed by atoms with Crippen molar-refractivity contribution in [2.75, 3.05) is 26.7 Å². The van der Waals surface area contributed by atoms with Crippen molar-refractivity contribution in [3.8, 4) is 0 Å². The zero-order valence-corrected chi connectivity index (χ0v) is 17.2. The average Bonchev–Trinajstić information content (AvgIpc) is 3.42. The van der Waals surface area contributed by atoms with Gasteiger partial charge in [0.15, 0.2) is 17.4 Å². The number of rotatable bonds is 6. The smallest absolute Gasteiger partial charge is 0.191 e. The third-order valence-corrected chi connectivity index (χ3v) is 5.53. The lowest BCUT2D eigenvalue weighted by atomic mass is 10.0. The molecular weight excluding hydrogens is 362 g/mol. The van der Waals surface area contributed by atoms with Crippen molar-refractivity contribution in [3.63, 3.8) is 0 Å². The monoisotopic (exact) mass is 391 g/mol. The summed E-state index contributed by atoms with van der Waals surface area (Å²) in [7, 11) is 1.80. The highest BCUT2D eigenvalue weighted by Gasteiger charge is 2.23. The van der Waals surface area contributed by atoms with Crippen LogP contribution in [0.1, 0.15) is 35.8 Å². The molecule has 1 unspecified atom stereocenters. The lowest BCUT2D eigenvalue weighted by Crippen LogP contribution is -2.42. The van der Waals surface area contributed by atoms with Gasteiger partial charge in [-0.2, -0.15) is 0 Å². The Morgan fingerprint density at radius 2 is 1.86 bits per heavy atom. The number of guanidine groups is 1. The molecule has 0 aliphatic carbocycles. The van der Waals surface area contributed by atoms with E-state index >= 15 is 0 Å². The van der Waals surface area contributed by atoms with Gasteiger partial charge < -0.3 is 10.6 Å². The molecule has 7 nitrogen and oxygen atoms in total. The van der Waals surface area contributed by atoms with Crippen molar-refractivity contribution in [1.82, 2.24) is 30.1 Å². The highest BCUT2D eigenvalue weighted by Crippen LogP contribution is 2.24. The largest absolute Gasteiger partial charge is 0.354 e. The normalized spacial score (nSPS) is 16.3.